The summed E-state index contributed by atoms with van der Waals surface area (Å²) in [5.41, 5.74) is 2.50. The number of carbonyl (C=O) groups is 1. The van der Waals surface area contributed by atoms with Crippen LogP contribution in [0.1, 0.15) is 25.8 Å². The first kappa shape index (κ1) is 15.6. The minimum absolute atomic E-state index is 0.128. The average molecular weight is 287 g/mol. The third kappa shape index (κ3) is 4.90. The summed E-state index contributed by atoms with van der Waals surface area (Å²) in [7, 11) is 0. The van der Waals surface area contributed by atoms with E-state index in [1.807, 2.05) is 6.07 Å². The van der Waals surface area contributed by atoms with Crippen LogP contribution >= 0.6 is 0 Å². The molecule has 0 atom stereocenters. The topological polar surface area (TPSA) is 56.9 Å². The van der Waals surface area contributed by atoms with Crippen LogP contribution in [0.15, 0.2) is 30.5 Å². The van der Waals surface area contributed by atoms with Crippen LogP contribution in [-0.4, -0.2) is 30.5 Å². The number of aromatic nitrogens is 1. The number of nitrogens with one attached hydrogen (secondary N) is 3. The number of carbonyl (C=O) groups excluding carboxylic acids is 1. The largest absolute Gasteiger partial charge is 0.361 e. The van der Waals surface area contributed by atoms with Gasteiger partial charge in [-0.15, -0.1) is 0 Å². The highest BCUT2D eigenvalue weighted by atomic mass is 16.1. The van der Waals surface area contributed by atoms with Crippen LogP contribution in [-0.2, 0) is 11.2 Å². The van der Waals surface area contributed by atoms with E-state index in [1.165, 1.54) is 16.5 Å². The second-order valence-corrected chi connectivity index (χ2v) is 5.81. The Hall–Kier alpha value is -1.81. The van der Waals surface area contributed by atoms with Gasteiger partial charge in [-0.3, -0.25) is 4.79 Å². The van der Waals surface area contributed by atoms with E-state index in [9.17, 15) is 4.79 Å². The molecule has 0 radical (unpaired) electrons. The highest BCUT2D eigenvalue weighted by Crippen LogP contribution is 2.17. The summed E-state index contributed by atoms with van der Waals surface area (Å²) >= 11 is 0. The zero-order valence-corrected chi connectivity index (χ0v) is 12.9. The van der Waals surface area contributed by atoms with Crippen LogP contribution in [0.4, 0.5) is 0 Å². The molecule has 1 aromatic carbocycles. The third-order valence-electron chi connectivity index (χ3n) is 3.48. The molecule has 4 nitrogen and oxygen atoms in total. The molecule has 1 amide bonds. The molecular formula is C17H25N3O. The monoisotopic (exact) mass is 287 g/mol. The van der Waals surface area contributed by atoms with Gasteiger partial charge < -0.3 is 15.6 Å². The summed E-state index contributed by atoms with van der Waals surface area (Å²) in [6.07, 6.45) is 3.58. The van der Waals surface area contributed by atoms with Crippen LogP contribution in [0.5, 0.6) is 0 Å². The molecule has 21 heavy (non-hydrogen) atoms. The molecule has 0 aliphatic heterocycles. The Morgan fingerprint density at radius 2 is 2.05 bits per heavy atom. The number of para-hydroxylation sites is 1. The van der Waals surface area contributed by atoms with Gasteiger partial charge in [-0.1, -0.05) is 32.0 Å². The normalized spacial score (nSPS) is 11.2. The van der Waals surface area contributed by atoms with E-state index < -0.39 is 0 Å². The smallest absolute Gasteiger partial charge is 0.221 e. The zero-order chi connectivity index (χ0) is 15.1. The van der Waals surface area contributed by atoms with Crippen LogP contribution in [0.25, 0.3) is 10.9 Å². The molecular weight excluding hydrogens is 262 g/mol. The Bertz CT molecular complexity index is 574. The number of H-pyrrole nitrogens is 1. The molecule has 0 spiro atoms. The van der Waals surface area contributed by atoms with Gasteiger partial charge in [-0.25, -0.2) is 0 Å². The summed E-state index contributed by atoms with van der Waals surface area (Å²) in [6.45, 7) is 6.57. The van der Waals surface area contributed by atoms with Gasteiger partial charge in [0.25, 0.3) is 0 Å². The maximum atomic E-state index is 11.6. The maximum absolute atomic E-state index is 11.6. The summed E-state index contributed by atoms with van der Waals surface area (Å²) in [5.74, 6) is 0.632. The lowest BCUT2D eigenvalue weighted by molar-refractivity contribution is -0.121. The summed E-state index contributed by atoms with van der Waals surface area (Å²) < 4.78 is 0. The molecule has 1 heterocycles. The van der Waals surface area contributed by atoms with Crippen LogP contribution in [0.2, 0.25) is 0 Å². The fourth-order valence-corrected chi connectivity index (χ4v) is 2.29. The number of fused-ring (bicyclic) bond motifs is 1. The standard InChI is InChI=1S/C17H25N3O/c1-13(2)11-20-17(21)8-10-18-9-7-14-12-19-16-6-4-3-5-15(14)16/h3-6,12-13,18-19H,7-11H2,1-2H3,(H,20,21). The van der Waals surface area contributed by atoms with Gasteiger partial charge in [0.2, 0.25) is 5.91 Å². The number of rotatable bonds is 8. The third-order valence-corrected chi connectivity index (χ3v) is 3.48. The van der Waals surface area contributed by atoms with Crippen molar-refractivity contribution in [1.29, 1.82) is 0 Å². The second kappa shape index (κ2) is 7.84. The van der Waals surface area contributed by atoms with E-state index in [-0.39, 0.29) is 5.91 Å². The molecule has 0 bridgehead atoms. The molecule has 2 aromatic rings. The van der Waals surface area contributed by atoms with Crippen LogP contribution in [0, 0.1) is 5.92 Å². The molecule has 0 fully saturated rings. The fraction of sp³-hybridized carbons (Fsp3) is 0.471. The molecule has 0 saturated carbocycles. The van der Waals surface area contributed by atoms with Crippen LogP contribution in [0.3, 0.4) is 0 Å². The van der Waals surface area contributed by atoms with Crippen molar-refractivity contribution in [2.24, 2.45) is 5.92 Å². The molecule has 0 aliphatic carbocycles. The van der Waals surface area contributed by atoms with Crippen molar-refractivity contribution in [1.82, 2.24) is 15.6 Å². The van der Waals surface area contributed by atoms with Crippen molar-refractivity contribution in [2.75, 3.05) is 19.6 Å². The highest BCUT2D eigenvalue weighted by Gasteiger charge is 2.03. The maximum Gasteiger partial charge on any atom is 0.221 e. The molecule has 0 saturated heterocycles. The summed E-state index contributed by atoms with van der Waals surface area (Å²) in [6, 6.07) is 8.33. The minimum Gasteiger partial charge on any atom is -0.361 e. The lowest BCUT2D eigenvalue weighted by Gasteiger charge is -2.08. The van der Waals surface area contributed by atoms with E-state index in [1.54, 1.807) is 0 Å². The Balaban J connectivity index is 1.65. The first-order chi connectivity index (χ1) is 10.2. The van der Waals surface area contributed by atoms with E-state index in [0.717, 1.165) is 26.1 Å². The van der Waals surface area contributed by atoms with Gasteiger partial charge in [-0.2, -0.15) is 0 Å². The Morgan fingerprint density at radius 1 is 1.24 bits per heavy atom. The van der Waals surface area contributed by atoms with Crippen molar-refractivity contribution in [2.45, 2.75) is 26.7 Å². The second-order valence-electron chi connectivity index (χ2n) is 5.81. The number of hydrogen-bond acceptors (Lipinski definition) is 2. The fourth-order valence-electron chi connectivity index (χ4n) is 2.29. The van der Waals surface area contributed by atoms with Crippen molar-refractivity contribution in [3.63, 3.8) is 0 Å². The van der Waals surface area contributed by atoms with Gasteiger partial charge in [-0.05, 0) is 30.5 Å². The van der Waals surface area contributed by atoms with Gasteiger partial charge in [0.15, 0.2) is 0 Å². The van der Waals surface area contributed by atoms with Crippen molar-refractivity contribution < 1.29 is 4.79 Å². The number of amides is 1. The summed E-state index contributed by atoms with van der Waals surface area (Å²) in [5, 5.41) is 7.55. The SMILES string of the molecule is CC(C)CNC(=O)CCNCCc1c[nH]c2ccccc12. The van der Waals surface area contributed by atoms with Gasteiger partial charge in [0, 0.05) is 36.6 Å². The molecule has 1 aromatic heterocycles. The number of hydrogen-bond donors (Lipinski definition) is 3. The average Bonchev–Trinajstić information content (AvgIpc) is 2.88. The predicted octanol–water partition coefficient (Wildman–Crippen LogP) is 2.46. The van der Waals surface area contributed by atoms with Crippen molar-refractivity contribution in [3.8, 4) is 0 Å². The molecule has 4 heteroatoms. The molecule has 3 N–H and O–H groups in total. The first-order valence-corrected chi connectivity index (χ1v) is 7.69. The quantitative estimate of drug-likeness (QED) is 0.653. The van der Waals surface area contributed by atoms with Crippen LogP contribution < -0.4 is 10.6 Å². The Labute approximate surface area is 126 Å². The zero-order valence-electron chi connectivity index (χ0n) is 12.9. The predicted molar refractivity (Wildman–Crippen MR) is 87.3 cm³/mol. The van der Waals surface area contributed by atoms with Crippen molar-refractivity contribution >= 4 is 16.8 Å². The van der Waals surface area contributed by atoms with E-state index in [0.29, 0.717) is 12.3 Å². The molecule has 0 aliphatic rings. The first-order valence-electron chi connectivity index (χ1n) is 7.69. The number of benzene rings is 1. The van der Waals surface area contributed by atoms with Gasteiger partial charge >= 0.3 is 0 Å². The van der Waals surface area contributed by atoms with Gasteiger partial charge in [0.1, 0.15) is 0 Å². The summed E-state index contributed by atoms with van der Waals surface area (Å²) in [4.78, 5) is 14.8. The van der Waals surface area contributed by atoms with E-state index >= 15 is 0 Å². The van der Waals surface area contributed by atoms with E-state index in [2.05, 4.69) is 53.9 Å². The Morgan fingerprint density at radius 3 is 2.86 bits per heavy atom. The number of aromatic amines is 1. The molecule has 2 rings (SSSR count). The highest BCUT2D eigenvalue weighted by molar-refractivity contribution is 5.83. The lowest BCUT2D eigenvalue weighted by Crippen LogP contribution is -2.30. The molecule has 114 valence electrons. The molecule has 0 unspecified atom stereocenters. The van der Waals surface area contributed by atoms with E-state index in [4.69, 9.17) is 0 Å². The Kier molecular flexibility index (Phi) is 5.81. The lowest BCUT2D eigenvalue weighted by atomic mass is 10.1. The van der Waals surface area contributed by atoms with Crippen molar-refractivity contribution in [3.05, 3.63) is 36.0 Å². The minimum atomic E-state index is 0.128. The van der Waals surface area contributed by atoms with Gasteiger partial charge in [0.05, 0.1) is 0 Å².